The van der Waals surface area contributed by atoms with Crippen LogP contribution in [0.15, 0.2) is 54.6 Å². The van der Waals surface area contributed by atoms with Gasteiger partial charge in [-0.1, -0.05) is 25.1 Å². The second kappa shape index (κ2) is 8.63. The number of aromatic nitrogens is 1. The van der Waals surface area contributed by atoms with Gasteiger partial charge in [-0.2, -0.15) is 0 Å². The first kappa shape index (κ1) is 20.7. The fourth-order valence-corrected chi connectivity index (χ4v) is 3.78. The van der Waals surface area contributed by atoms with Crippen LogP contribution in [0.5, 0.6) is 5.75 Å². The van der Waals surface area contributed by atoms with Gasteiger partial charge in [0.1, 0.15) is 18.4 Å². The van der Waals surface area contributed by atoms with Gasteiger partial charge in [0.05, 0.1) is 5.52 Å². The number of aryl methyl sites for hydroxylation is 1. The third kappa shape index (κ3) is 4.17. The van der Waals surface area contributed by atoms with Crippen LogP contribution in [0.2, 0.25) is 0 Å². The maximum Gasteiger partial charge on any atom is 0.326 e. The van der Waals surface area contributed by atoms with Gasteiger partial charge in [0.25, 0.3) is 0 Å². The SMILES string of the molecule is CCc1cc(COc2ccc(N3CCN(C(C)C(=O)O)C3=O)cc2)c2ccccc2n1. The highest BCUT2D eigenvalue weighted by molar-refractivity contribution is 5.96. The molecule has 2 heterocycles. The number of anilines is 1. The second-order valence-corrected chi connectivity index (χ2v) is 7.57. The molecule has 31 heavy (non-hydrogen) atoms. The number of aliphatic carboxylic acids is 1. The summed E-state index contributed by atoms with van der Waals surface area (Å²) in [6.07, 6.45) is 0.855. The number of rotatable bonds is 7. The van der Waals surface area contributed by atoms with E-state index in [4.69, 9.17) is 4.74 Å². The van der Waals surface area contributed by atoms with E-state index in [1.54, 1.807) is 4.90 Å². The predicted molar refractivity (Wildman–Crippen MR) is 118 cm³/mol. The normalized spacial score (nSPS) is 14.8. The molecule has 3 aromatic rings. The van der Waals surface area contributed by atoms with E-state index in [-0.39, 0.29) is 6.03 Å². The Labute approximate surface area is 180 Å². The molecule has 2 aromatic carbocycles. The Morgan fingerprint density at radius 2 is 1.90 bits per heavy atom. The minimum Gasteiger partial charge on any atom is -0.489 e. The molecule has 1 aromatic heterocycles. The fourth-order valence-electron chi connectivity index (χ4n) is 3.78. The number of hydrogen-bond donors (Lipinski definition) is 1. The number of amides is 2. The Morgan fingerprint density at radius 3 is 2.61 bits per heavy atom. The van der Waals surface area contributed by atoms with Gasteiger partial charge in [0.2, 0.25) is 0 Å². The third-order valence-electron chi connectivity index (χ3n) is 5.63. The molecule has 1 N–H and O–H groups in total. The van der Waals surface area contributed by atoms with Crippen molar-refractivity contribution >= 4 is 28.6 Å². The lowest BCUT2D eigenvalue weighted by molar-refractivity contribution is -0.141. The first-order valence-electron chi connectivity index (χ1n) is 10.4. The molecule has 1 aliphatic heterocycles. The van der Waals surface area contributed by atoms with Crippen molar-refractivity contribution in [1.29, 1.82) is 0 Å². The summed E-state index contributed by atoms with van der Waals surface area (Å²) in [5.74, 6) is -0.307. The van der Waals surface area contributed by atoms with Crippen molar-refractivity contribution in [3.63, 3.8) is 0 Å². The largest absolute Gasteiger partial charge is 0.489 e. The number of para-hydroxylation sites is 1. The highest BCUT2D eigenvalue weighted by Crippen LogP contribution is 2.26. The zero-order valence-corrected chi connectivity index (χ0v) is 17.6. The molecule has 7 heteroatoms. The zero-order valence-electron chi connectivity index (χ0n) is 17.6. The van der Waals surface area contributed by atoms with E-state index in [1.807, 2.05) is 48.5 Å². The van der Waals surface area contributed by atoms with E-state index >= 15 is 0 Å². The van der Waals surface area contributed by atoms with Gasteiger partial charge in [0.15, 0.2) is 0 Å². The average Bonchev–Trinajstić information content (AvgIpc) is 3.18. The molecule has 7 nitrogen and oxygen atoms in total. The molecule has 0 saturated carbocycles. The lowest BCUT2D eigenvalue weighted by Gasteiger charge is -2.21. The van der Waals surface area contributed by atoms with Gasteiger partial charge in [-0.25, -0.2) is 9.59 Å². The third-order valence-corrected chi connectivity index (χ3v) is 5.63. The van der Waals surface area contributed by atoms with Crippen molar-refractivity contribution in [1.82, 2.24) is 9.88 Å². The summed E-state index contributed by atoms with van der Waals surface area (Å²) >= 11 is 0. The van der Waals surface area contributed by atoms with Crippen LogP contribution in [0, 0.1) is 0 Å². The molecule has 1 fully saturated rings. The first-order valence-corrected chi connectivity index (χ1v) is 10.4. The molecular formula is C24H25N3O4. The summed E-state index contributed by atoms with van der Waals surface area (Å²) in [5.41, 5.74) is 3.79. The fraction of sp³-hybridized carbons (Fsp3) is 0.292. The molecule has 4 rings (SSSR count). The quantitative estimate of drug-likeness (QED) is 0.624. The van der Waals surface area contributed by atoms with Crippen LogP contribution in [0.3, 0.4) is 0 Å². The Hall–Kier alpha value is -3.61. The molecular weight excluding hydrogens is 394 g/mol. The van der Waals surface area contributed by atoms with Crippen LogP contribution in [-0.4, -0.2) is 46.1 Å². The summed E-state index contributed by atoms with van der Waals surface area (Å²) in [6, 6.07) is 16.3. The Balaban J connectivity index is 1.46. The van der Waals surface area contributed by atoms with Crippen molar-refractivity contribution in [2.24, 2.45) is 0 Å². The van der Waals surface area contributed by atoms with Gasteiger partial charge >= 0.3 is 12.0 Å². The zero-order chi connectivity index (χ0) is 22.0. The summed E-state index contributed by atoms with van der Waals surface area (Å²) in [5, 5.41) is 10.2. The minimum atomic E-state index is -1.01. The molecule has 1 aliphatic rings. The number of carboxylic acids is 1. The number of ether oxygens (including phenoxy) is 1. The number of carbonyl (C=O) groups excluding carboxylic acids is 1. The number of benzene rings is 2. The maximum atomic E-state index is 12.6. The lowest BCUT2D eigenvalue weighted by Crippen LogP contribution is -2.42. The molecule has 1 unspecified atom stereocenters. The van der Waals surface area contributed by atoms with Gasteiger partial charge in [0, 0.05) is 35.4 Å². The van der Waals surface area contributed by atoms with Crippen LogP contribution in [0.25, 0.3) is 10.9 Å². The van der Waals surface area contributed by atoms with Crippen LogP contribution in [0.1, 0.15) is 25.1 Å². The Bertz CT molecular complexity index is 1110. The van der Waals surface area contributed by atoms with E-state index in [2.05, 4.69) is 18.0 Å². The van der Waals surface area contributed by atoms with Gasteiger partial charge in [-0.3, -0.25) is 9.88 Å². The summed E-state index contributed by atoms with van der Waals surface area (Å²) in [6.45, 7) is 4.87. The number of pyridine rings is 1. The number of carbonyl (C=O) groups is 2. The van der Waals surface area contributed by atoms with E-state index in [1.165, 1.54) is 11.8 Å². The smallest absolute Gasteiger partial charge is 0.326 e. The number of fused-ring (bicyclic) bond motifs is 1. The number of urea groups is 1. The predicted octanol–water partition coefficient (Wildman–Crippen LogP) is 4.09. The van der Waals surface area contributed by atoms with E-state index in [9.17, 15) is 14.7 Å². The molecule has 1 atom stereocenters. The van der Waals surface area contributed by atoms with Gasteiger partial charge in [-0.15, -0.1) is 0 Å². The number of hydrogen-bond acceptors (Lipinski definition) is 4. The maximum absolute atomic E-state index is 12.6. The van der Waals surface area contributed by atoms with Crippen molar-refractivity contribution < 1.29 is 19.4 Å². The van der Waals surface area contributed by atoms with Crippen molar-refractivity contribution in [3.05, 3.63) is 65.9 Å². The monoisotopic (exact) mass is 419 g/mol. The van der Waals surface area contributed by atoms with Gasteiger partial charge in [-0.05, 0) is 49.7 Å². The molecule has 2 amide bonds. The molecule has 0 aliphatic carbocycles. The van der Waals surface area contributed by atoms with E-state index in [0.717, 1.165) is 34.3 Å². The van der Waals surface area contributed by atoms with Gasteiger partial charge < -0.3 is 14.7 Å². The summed E-state index contributed by atoms with van der Waals surface area (Å²) < 4.78 is 6.02. The summed E-state index contributed by atoms with van der Waals surface area (Å²) in [7, 11) is 0. The highest BCUT2D eigenvalue weighted by Gasteiger charge is 2.35. The standard InChI is InChI=1S/C24H25N3O4/c1-3-18-14-17(21-6-4-5-7-22(21)25-18)15-31-20-10-8-19(9-11-20)27-13-12-26(24(27)30)16(2)23(28)29/h4-11,14,16H,3,12-13,15H2,1-2H3,(H,28,29). The molecule has 160 valence electrons. The Morgan fingerprint density at radius 1 is 1.16 bits per heavy atom. The molecule has 0 spiro atoms. The summed E-state index contributed by atoms with van der Waals surface area (Å²) in [4.78, 5) is 31.4. The minimum absolute atomic E-state index is 0.293. The van der Waals surface area contributed by atoms with E-state index in [0.29, 0.717) is 25.4 Å². The molecule has 0 bridgehead atoms. The first-order chi connectivity index (χ1) is 15.0. The lowest BCUT2D eigenvalue weighted by atomic mass is 10.1. The van der Waals surface area contributed by atoms with E-state index < -0.39 is 12.0 Å². The topological polar surface area (TPSA) is 83.0 Å². The van der Waals surface area contributed by atoms with Crippen molar-refractivity contribution in [2.75, 3.05) is 18.0 Å². The second-order valence-electron chi connectivity index (χ2n) is 7.57. The van der Waals surface area contributed by atoms with Crippen LogP contribution in [0.4, 0.5) is 10.5 Å². The highest BCUT2D eigenvalue weighted by atomic mass is 16.5. The molecule has 0 radical (unpaired) electrons. The van der Waals surface area contributed by atoms with Crippen molar-refractivity contribution in [3.8, 4) is 5.75 Å². The van der Waals surface area contributed by atoms with Crippen molar-refractivity contribution in [2.45, 2.75) is 32.9 Å². The average molecular weight is 419 g/mol. The van der Waals surface area contributed by atoms with Crippen LogP contribution < -0.4 is 9.64 Å². The number of carboxylic acid groups (broad SMARTS) is 1. The van der Waals surface area contributed by atoms with Crippen LogP contribution >= 0.6 is 0 Å². The number of nitrogens with zero attached hydrogens (tertiary/aromatic N) is 3. The van der Waals surface area contributed by atoms with Crippen LogP contribution in [-0.2, 0) is 17.8 Å². The Kier molecular flexibility index (Phi) is 5.75. The molecule has 1 saturated heterocycles.